The molecule has 0 aliphatic heterocycles. The lowest BCUT2D eigenvalue weighted by Gasteiger charge is -2.14. The normalized spacial score (nSPS) is 12.6. The molecule has 0 aliphatic rings. The number of nitrogens with zero attached hydrogens (tertiary/aromatic N) is 1. The minimum absolute atomic E-state index is 0.148. The molecule has 0 spiro atoms. The molecule has 0 aromatic carbocycles. The zero-order chi connectivity index (χ0) is 12.4. The summed E-state index contributed by atoms with van der Waals surface area (Å²) >= 11 is 6.95. The van der Waals surface area contributed by atoms with Crippen LogP contribution in [0.15, 0.2) is 29.2 Å². The van der Waals surface area contributed by atoms with Gasteiger partial charge in [-0.15, -0.1) is 11.3 Å². The molecule has 17 heavy (non-hydrogen) atoms. The summed E-state index contributed by atoms with van der Waals surface area (Å²) in [4.78, 5) is 16.4. The third kappa shape index (κ3) is 2.92. The Labute approximate surface area is 109 Å². The smallest absolute Gasteiger partial charge is 0.251 e. The Morgan fingerprint density at radius 1 is 1.47 bits per heavy atom. The summed E-state index contributed by atoms with van der Waals surface area (Å²) in [6.07, 6.45) is 2.69. The number of H-pyrrole nitrogens is 1. The first-order valence-electron chi connectivity index (χ1n) is 5.43. The lowest BCUT2D eigenvalue weighted by Crippen LogP contribution is -2.15. The van der Waals surface area contributed by atoms with Gasteiger partial charge in [-0.1, -0.05) is 0 Å². The number of aromatic nitrogens is 2. The lowest BCUT2D eigenvalue weighted by molar-refractivity contribution is 0.528. The largest absolute Gasteiger partial charge is 0.322 e. The van der Waals surface area contributed by atoms with Crippen LogP contribution in [0.4, 0.5) is 0 Å². The molecule has 1 atom stereocenters. The van der Waals surface area contributed by atoms with Crippen LogP contribution in [0.25, 0.3) is 0 Å². The van der Waals surface area contributed by atoms with Crippen molar-refractivity contribution in [3.8, 4) is 0 Å². The highest BCUT2D eigenvalue weighted by atomic mass is 32.1. The molecule has 90 valence electrons. The predicted molar refractivity (Wildman–Crippen MR) is 73.4 cm³/mol. The summed E-state index contributed by atoms with van der Waals surface area (Å²) in [7, 11) is 0. The van der Waals surface area contributed by atoms with Crippen molar-refractivity contribution >= 4 is 23.6 Å². The highest BCUT2D eigenvalue weighted by Gasteiger charge is 2.07. The monoisotopic (exact) mass is 266 g/mol. The van der Waals surface area contributed by atoms with Crippen LogP contribution in [0.1, 0.15) is 22.7 Å². The minimum Gasteiger partial charge on any atom is -0.322 e. The molecule has 3 nitrogen and oxygen atoms in total. The molecule has 0 saturated heterocycles. The maximum atomic E-state index is 11.1. The quantitative estimate of drug-likeness (QED) is 0.867. The molecule has 2 heterocycles. The van der Waals surface area contributed by atoms with Gasteiger partial charge in [0.1, 0.15) is 0 Å². The van der Waals surface area contributed by atoms with Crippen molar-refractivity contribution in [3.63, 3.8) is 0 Å². The SMILES string of the molecule is Cc1ccc(CC(C)n2ccc(=O)[nH]c2=S)s1. The fourth-order valence-electron chi connectivity index (χ4n) is 1.76. The summed E-state index contributed by atoms with van der Waals surface area (Å²) in [5.41, 5.74) is -0.148. The van der Waals surface area contributed by atoms with Crippen LogP contribution in [0, 0.1) is 11.7 Å². The van der Waals surface area contributed by atoms with E-state index in [1.807, 2.05) is 4.57 Å². The molecular formula is C12H14N2OS2. The highest BCUT2D eigenvalue weighted by Crippen LogP contribution is 2.20. The Kier molecular flexibility index (Phi) is 3.59. The molecule has 0 bridgehead atoms. The van der Waals surface area contributed by atoms with Gasteiger partial charge in [0.25, 0.3) is 5.56 Å². The Balaban J connectivity index is 2.22. The fraction of sp³-hybridized carbons (Fsp3) is 0.333. The standard InChI is InChI=1S/C12H14N2OS2/c1-8(7-10-4-3-9(2)17-10)14-6-5-11(15)13-12(14)16/h3-6,8H,7H2,1-2H3,(H,13,15,16). The first-order valence-corrected chi connectivity index (χ1v) is 6.65. The van der Waals surface area contributed by atoms with E-state index in [1.54, 1.807) is 17.5 Å². The molecule has 1 N–H and O–H groups in total. The van der Waals surface area contributed by atoms with Crippen LogP contribution >= 0.6 is 23.6 Å². The van der Waals surface area contributed by atoms with Gasteiger partial charge in [0.2, 0.25) is 0 Å². The molecule has 2 aromatic rings. The van der Waals surface area contributed by atoms with Crippen molar-refractivity contribution in [2.75, 3.05) is 0 Å². The van der Waals surface area contributed by atoms with E-state index in [1.165, 1.54) is 15.8 Å². The Morgan fingerprint density at radius 2 is 2.24 bits per heavy atom. The molecule has 0 radical (unpaired) electrons. The number of rotatable bonds is 3. The van der Waals surface area contributed by atoms with Crippen molar-refractivity contribution in [2.45, 2.75) is 26.3 Å². The van der Waals surface area contributed by atoms with Gasteiger partial charge in [0.15, 0.2) is 4.77 Å². The first-order chi connectivity index (χ1) is 8.06. The van der Waals surface area contributed by atoms with Crippen LogP contribution < -0.4 is 5.56 Å². The second-order valence-corrected chi connectivity index (χ2v) is 5.84. The van der Waals surface area contributed by atoms with Crippen molar-refractivity contribution in [3.05, 3.63) is 49.3 Å². The van der Waals surface area contributed by atoms with E-state index in [4.69, 9.17) is 12.2 Å². The van der Waals surface area contributed by atoms with Crippen molar-refractivity contribution in [2.24, 2.45) is 0 Å². The van der Waals surface area contributed by atoms with Crippen molar-refractivity contribution in [1.82, 2.24) is 9.55 Å². The Morgan fingerprint density at radius 3 is 2.82 bits per heavy atom. The van der Waals surface area contributed by atoms with Gasteiger partial charge < -0.3 is 4.57 Å². The second kappa shape index (κ2) is 4.98. The molecular weight excluding hydrogens is 252 g/mol. The topological polar surface area (TPSA) is 37.8 Å². The van der Waals surface area contributed by atoms with Gasteiger partial charge in [0.05, 0.1) is 0 Å². The van der Waals surface area contributed by atoms with E-state index >= 15 is 0 Å². The number of hydrogen-bond acceptors (Lipinski definition) is 3. The van der Waals surface area contributed by atoms with Crippen molar-refractivity contribution in [1.29, 1.82) is 0 Å². The van der Waals surface area contributed by atoms with E-state index in [2.05, 4.69) is 31.0 Å². The summed E-state index contributed by atoms with van der Waals surface area (Å²) in [6.45, 7) is 4.20. The molecule has 5 heteroatoms. The molecule has 0 amide bonds. The minimum atomic E-state index is -0.148. The zero-order valence-electron chi connectivity index (χ0n) is 9.77. The molecule has 2 aromatic heterocycles. The average molecular weight is 266 g/mol. The number of thiophene rings is 1. The molecule has 1 unspecified atom stereocenters. The van der Waals surface area contributed by atoms with Crippen LogP contribution in [0.5, 0.6) is 0 Å². The van der Waals surface area contributed by atoms with Gasteiger partial charge in [-0.2, -0.15) is 0 Å². The number of hydrogen-bond donors (Lipinski definition) is 1. The third-order valence-electron chi connectivity index (χ3n) is 2.62. The molecule has 0 saturated carbocycles. The predicted octanol–water partition coefficient (Wildman–Crippen LogP) is 3.08. The van der Waals surface area contributed by atoms with E-state index in [9.17, 15) is 4.79 Å². The Bertz CT molecular complexity index is 624. The van der Waals surface area contributed by atoms with E-state index in [0.29, 0.717) is 4.77 Å². The van der Waals surface area contributed by atoms with Crippen LogP contribution in [-0.2, 0) is 6.42 Å². The summed E-state index contributed by atoms with van der Waals surface area (Å²) in [6, 6.07) is 6.02. The zero-order valence-corrected chi connectivity index (χ0v) is 11.4. The second-order valence-electron chi connectivity index (χ2n) is 4.08. The van der Waals surface area contributed by atoms with Gasteiger partial charge in [-0.3, -0.25) is 9.78 Å². The summed E-state index contributed by atoms with van der Waals surface area (Å²) in [5, 5.41) is 0. The van der Waals surface area contributed by atoms with E-state index in [-0.39, 0.29) is 11.6 Å². The average Bonchev–Trinajstić information content (AvgIpc) is 2.63. The van der Waals surface area contributed by atoms with Crippen LogP contribution in [-0.4, -0.2) is 9.55 Å². The van der Waals surface area contributed by atoms with Gasteiger partial charge in [-0.05, 0) is 38.2 Å². The van der Waals surface area contributed by atoms with Crippen LogP contribution in [0.2, 0.25) is 0 Å². The van der Waals surface area contributed by atoms with Crippen molar-refractivity contribution < 1.29 is 0 Å². The van der Waals surface area contributed by atoms with Gasteiger partial charge in [0, 0.05) is 34.5 Å². The van der Waals surface area contributed by atoms with Gasteiger partial charge in [-0.25, -0.2) is 0 Å². The lowest BCUT2D eigenvalue weighted by atomic mass is 10.2. The highest BCUT2D eigenvalue weighted by molar-refractivity contribution is 7.71. The molecule has 0 fully saturated rings. The summed E-state index contributed by atoms with van der Waals surface area (Å²) in [5.74, 6) is 0. The Hall–Kier alpha value is -1.20. The van der Waals surface area contributed by atoms with E-state index < -0.39 is 0 Å². The van der Waals surface area contributed by atoms with Gasteiger partial charge >= 0.3 is 0 Å². The third-order valence-corrected chi connectivity index (χ3v) is 3.95. The number of nitrogens with one attached hydrogen (secondary N) is 1. The fourth-order valence-corrected chi connectivity index (χ4v) is 3.11. The molecule has 2 rings (SSSR count). The molecule has 0 aliphatic carbocycles. The maximum Gasteiger partial charge on any atom is 0.251 e. The maximum absolute atomic E-state index is 11.1. The number of aryl methyl sites for hydroxylation is 1. The summed E-state index contributed by atoms with van der Waals surface area (Å²) < 4.78 is 2.41. The van der Waals surface area contributed by atoms with Crippen LogP contribution in [0.3, 0.4) is 0 Å². The number of aromatic amines is 1. The first kappa shape index (κ1) is 12.3. The van der Waals surface area contributed by atoms with E-state index in [0.717, 1.165) is 6.42 Å².